The second kappa shape index (κ2) is 13.7. The molecule has 2 heterocycles. The number of hydrogen-bond donors (Lipinski definition) is 1. The Balaban J connectivity index is 0.000000450. The molecule has 0 bridgehead atoms. The number of likely N-dealkylation sites (tertiary alicyclic amines) is 2. The molecule has 0 aromatic rings. The van der Waals surface area contributed by atoms with Crippen LogP contribution in [0.15, 0.2) is 0 Å². The van der Waals surface area contributed by atoms with Gasteiger partial charge in [0.2, 0.25) is 0 Å². The summed E-state index contributed by atoms with van der Waals surface area (Å²) >= 11 is 0. The minimum atomic E-state index is -0.133. The molecule has 2 saturated heterocycles. The number of ether oxygens (including phenoxy) is 1. The minimum absolute atomic E-state index is 0.0297. The van der Waals surface area contributed by atoms with E-state index in [1.807, 2.05) is 0 Å². The Hall–Kier alpha value is -0.980. The Bertz CT molecular complexity index is 650. The number of piperidine rings is 2. The van der Waals surface area contributed by atoms with Gasteiger partial charge in [-0.05, 0) is 95.2 Å². The van der Waals surface area contributed by atoms with Gasteiger partial charge in [-0.1, -0.05) is 25.7 Å². The van der Waals surface area contributed by atoms with Crippen LogP contribution in [0.3, 0.4) is 0 Å². The van der Waals surface area contributed by atoms with Gasteiger partial charge in [0.05, 0.1) is 6.10 Å². The lowest BCUT2D eigenvalue weighted by molar-refractivity contribution is -0.159. The van der Waals surface area contributed by atoms with Gasteiger partial charge < -0.3 is 14.6 Å². The molecule has 0 unspecified atom stereocenters. The highest BCUT2D eigenvalue weighted by Gasteiger charge is 2.44. The zero-order chi connectivity index (χ0) is 27.8. The standard InChI is InChI=1S/C20H37NO3.C10H21NO/c1-19(2)15-17(16-20(3,4)21(19)5)24-18(23)13-11-9-7-6-8-10-12-14-22;1-9(2)6-8(12)7-10(3,4)11(9)5/h14,17H,6-13,15-16H2,1-5H3;8,12H,6-7H2,1-5H3. The van der Waals surface area contributed by atoms with Gasteiger partial charge in [0.25, 0.3) is 0 Å². The van der Waals surface area contributed by atoms with E-state index in [1.165, 1.54) is 0 Å². The van der Waals surface area contributed by atoms with Crippen molar-refractivity contribution in [2.75, 3.05) is 14.1 Å². The molecule has 2 rings (SSSR count). The van der Waals surface area contributed by atoms with E-state index < -0.39 is 0 Å². The molecule has 0 spiro atoms. The molecule has 0 radical (unpaired) electrons. The molecule has 0 saturated carbocycles. The first-order chi connectivity index (χ1) is 16.4. The summed E-state index contributed by atoms with van der Waals surface area (Å²) in [5, 5.41) is 9.67. The Labute approximate surface area is 222 Å². The predicted molar refractivity (Wildman–Crippen MR) is 149 cm³/mol. The fraction of sp³-hybridized carbons (Fsp3) is 0.933. The number of hydrogen-bond acceptors (Lipinski definition) is 6. The Morgan fingerprint density at radius 3 is 1.58 bits per heavy atom. The third-order valence-corrected chi connectivity index (χ3v) is 8.81. The molecule has 2 aliphatic rings. The number of unbranched alkanes of at least 4 members (excludes halogenated alkanes) is 6. The first-order valence-corrected chi connectivity index (χ1v) is 14.2. The second-order valence-electron chi connectivity index (χ2n) is 13.8. The van der Waals surface area contributed by atoms with E-state index in [9.17, 15) is 14.7 Å². The van der Waals surface area contributed by atoms with Crippen LogP contribution < -0.4 is 0 Å². The van der Waals surface area contributed by atoms with Gasteiger partial charge >= 0.3 is 5.97 Å². The zero-order valence-electron chi connectivity index (χ0n) is 25.3. The van der Waals surface area contributed by atoms with Crippen LogP contribution >= 0.6 is 0 Å². The van der Waals surface area contributed by atoms with E-state index in [1.54, 1.807) is 0 Å². The summed E-state index contributed by atoms with van der Waals surface area (Å²) in [6, 6.07) is 0. The van der Waals surface area contributed by atoms with E-state index in [0.29, 0.717) is 12.8 Å². The summed E-state index contributed by atoms with van der Waals surface area (Å²) in [6.45, 7) is 17.7. The Morgan fingerprint density at radius 2 is 1.14 bits per heavy atom. The molecular weight excluding hydrogens is 452 g/mol. The molecule has 0 amide bonds. The van der Waals surface area contributed by atoms with E-state index in [4.69, 9.17) is 4.74 Å². The van der Waals surface area contributed by atoms with Crippen molar-refractivity contribution < 1.29 is 19.4 Å². The fourth-order valence-electron chi connectivity index (χ4n) is 6.13. The van der Waals surface area contributed by atoms with Gasteiger partial charge in [0.1, 0.15) is 12.4 Å². The maximum Gasteiger partial charge on any atom is 0.306 e. The van der Waals surface area contributed by atoms with Crippen LogP contribution in [-0.2, 0) is 14.3 Å². The van der Waals surface area contributed by atoms with Gasteiger partial charge in [-0.25, -0.2) is 0 Å². The minimum Gasteiger partial charge on any atom is -0.462 e. The SMILES string of the molecule is CN1C(C)(C)CC(O)CC1(C)C.CN1C(C)(C)CC(OC(=O)CCCCCCCCC=O)CC1(C)C. The molecule has 212 valence electrons. The molecule has 6 nitrogen and oxygen atoms in total. The molecule has 0 atom stereocenters. The lowest BCUT2D eigenvalue weighted by Crippen LogP contribution is -2.60. The lowest BCUT2D eigenvalue weighted by Gasteiger charge is -2.53. The van der Waals surface area contributed by atoms with E-state index in [0.717, 1.165) is 70.5 Å². The van der Waals surface area contributed by atoms with Crippen molar-refractivity contribution in [3.8, 4) is 0 Å². The number of rotatable bonds is 10. The number of esters is 1. The number of nitrogens with zero attached hydrogens (tertiary/aromatic N) is 2. The summed E-state index contributed by atoms with van der Waals surface area (Å²) < 4.78 is 5.77. The molecule has 36 heavy (non-hydrogen) atoms. The zero-order valence-corrected chi connectivity index (χ0v) is 25.3. The number of carbonyl (C=O) groups is 2. The van der Waals surface area contributed by atoms with Crippen molar-refractivity contribution >= 4 is 12.3 Å². The molecule has 2 aliphatic heterocycles. The molecule has 6 heteroatoms. The number of aliphatic hydroxyl groups is 1. The largest absolute Gasteiger partial charge is 0.462 e. The van der Waals surface area contributed by atoms with Gasteiger partial charge in [0, 0.05) is 47.8 Å². The van der Waals surface area contributed by atoms with Crippen molar-refractivity contribution in [2.45, 2.75) is 167 Å². The van der Waals surface area contributed by atoms with Crippen LogP contribution in [0.4, 0.5) is 0 Å². The Kier molecular flexibility index (Phi) is 12.6. The van der Waals surface area contributed by atoms with Gasteiger partial charge in [-0.15, -0.1) is 0 Å². The van der Waals surface area contributed by atoms with E-state index in [2.05, 4.69) is 79.3 Å². The van der Waals surface area contributed by atoms with E-state index >= 15 is 0 Å². The summed E-state index contributed by atoms with van der Waals surface area (Å²) in [7, 11) is 4.30. The number of aliphatic hydroxyl groups excluding tert-OH is 1. The monoisotopic (exact) mass is 510 g/mol. The van der Waals surface area contributed by atoms with Crippen molar-refractivity contribution in [1.29, 1.82) is 0 Å². The normalized spacial score (nSPS) is 24.0. The average Bonchev–Trinajstić information content (AvgIpc) is 2.71. The second-order valence-corrected chi connectivity index (χ2v) is 13.8. The van der Waals surface area contributed by atoms with E-state index in [-0.39, 0.29) is 40.3 Å². The highest BCUT2D eigenvalue weighted by atomic mass is 16.5. The maximum atomic E-state index is 12.1. The van der Waals surface area contributed by atoms with Crippen molar-refractivity contribution in [2.24, 2.45) is 0 Å². The smallest absolute Gasteiger partial charge is 0.306 e. The molecule has 0 aromatic carbocycles. The summed E-state index contributed by atoms with van der Waals surface area (Å²) in [4.78, 5) is 27.1. The van der Waals surface area contributed by atoms with Crippen molar-refractivity contribution in [3.63, 3.8) is 0 Å². The predicted octanol–water partition coefficient (Wildman–Crippen LogP) is 6.13. The highest BCUT2D eigenvalue weighted by molar-refractivity contribution is 5.69. The molecule has 1 N–H and O–H groups in total. The quantitative estimate of drug-likeness (QED) is 0.217. The molecule has 0 aliphatic carbocycles. The van der Waals surface area contributed by atoms with Crippen LogP contribution in [0.25, 0.3) is 0 Å². The van der Waals surface area contributed by atoms with Crippen LogP contribution in [0, 0.1) is 0 Å². The number of aldehydes is 1. The van der Waals surface area contributed by atoms with Crippen molar-refractivity contribution in [1.82, 2.24) is 9.80 Å². The van der Waals surface area contributed by atoms with Crippen LogP contribution in [-0.4, -0.2) is 75.6 Å². The third kappa shape index (κ3) is 10.4. The average molecular weight is 511 g/mol. The fourth-order valence-corrected chi connectivity index (χ4v) is 6.13. The van der Waals surface area contributed by atoms with Crippen LogP contribution in [0.2, 0.25) is 0 Å². The van der Waals surface area contributed by atoms with Gasteiger partial charge in [-0.2, -0.15) is 0 Å². The first-order valence-electron chi connectivity index (χ1n) is 14.2. The van der Waals surface area contributed by atoms with Crippen LogP contribution in [0.5, 0.6) is 0 Å². The Morgan fingerprint density at radius 1 is 0.750 bits per heavy atom. The van der Waals surface area contributed by atoms with Gasteiger partial charge in [0.15, 0.2) is 0 Å². The van der Waals surface area contributed by atoms with Crippen LogP contribution in [0.1, 0.15) is 132 Å². The maximum absolute atomic E-state index is 12.1. The van der Waals surface area contributed by atoms with Crippen molar-refractivity contribution in [3.05, 3.63) is 0 Å². The summed E-state index contributed by atoms with van der Waals surface area (Å²) in [6.07, 6.45) is 12.0. The number of carbonyl (C=O) groups excluding carboxylic acids is 2. The molecule has 0 aromatic heterocycles. The molecular formula is C30H58N2O4. The molecule has 2 fully saturated rings. The van der Waals surface area contributed by atoms with Gasteiger partial charge in [-0.3, -0.25) is 14.6 Å². The summed E-state index contributed by atoms with van der Waals surface area (Å²) in [5.41, 5.74) is 0.352. The third-order valence-electron chi connectivity index (χ3n) is 8.81. The lowest BCUT2D eigenvalue weighted by atomic mass is 9.79. The topological polar surface area (TPSA) is 70.1 Å². The highest BCUT2D eigenvalue weighted by Crippen LogP contribution is 2.38. The summed E-state index contributed by atoms with van der Waals surface area (Å²) in [5.74, 6) is -0.0443. The first kappa shape index (κ1) is 33.0.